The molecule has 0 radical (unpaired) electrons. The predicted octanol–water partition coefficient (Wildman–Crippen LogP) is 3.23. The first kappa shape index (κ1) is 16.6. The molecule has 1 unspecified atom stereocenters. The van der Waals surface area contributed by atoms with Crippen molar-refractivity contribution in [3.05, 3.63) is 51.0 Å². The number of carbonyl (C=O) groups is 2. The van der Waals surface area contributed by atoms with E-state index in [9.17, 15) is 14.7 Å². The molecule has 1 heterocycles. The molecule has 0 saturated carbocycles. The number of aromatic carboxylic acids is 1. The number of carbonyl (C=O) groups excluding carboxylic acids is 1. The van der Waals surface area contributed by atoms with Crippen LogP contribution in [0.3, 0.4) is 0 Å². The molecular weight excluding hydrogens is 324 g/mol. The van der Waals surface area contributed by atoms with E-state index in [1.807, 2.05) is 6.92 Å². The monoisotopic (exact) mass is 344 g/mol. The summed E-state index contributed by atoms with van der Waals surface area (Å²) in [5, 5.41) is 10.3. The van der Waals surface area contributed by atoms with Crippen LogP contribution in [0.25, 0.3) is 0 Å². The summed E-state index contributed by atoms with van der Waals surface area (Å²) in [7, 11) is 1.81. The number of fused-ring (bicyclic) bond motifs is 1. The van der Waals surface area contributed by atoms with Crippen molar-refractivity contribution in [3.63, 3.8) is 0 Å². The van der Waals surface area contributed by atoms with Crippen LogP contribution >= 0.6 is 11.3 Å². The molecule has 1 atom stereocenters. The number of amides is 1. The summed E-state index contributed by atoms with van der Waals surface area (Å²) in [6, 6.07) is 6.73. The summed E-state index contributed by atoms with van der Waals surface area (Å²) in [4.78, 5) is 31.5. The minimum atomic E-state index is -1.00. The Hall–Kier alpha value is -2.21. The average Bonchev–Trinajstić information content (AvgIpc) is 2.94. The van der Waals surface area contributed by atoms with Gasteiger partial charge in [0, 0.05) is 7.05 Å². The maximum absolute atomic E-state index is 12.7. The molecule has 1 aliphatic rings. The van der Waals surface area contributed by atoms with Gasteiger partial charge in [-0.1, -0.05) is 18.2 Å². The number of aryl methyl sites for hydroxylation is 2. The molecule has 0 spiro atoms. The van der Waals surface area contributed by atoms with E-state index in [1.54, 1.807) is 41.5 Å². The summed E-state index contributed by atoms with van der Waals surface area (Å²) >= 11 is 1.66. The van der Waals surface area contributed by atoms with Crippen molar-refractivity contribution in [1.82, 2.24) is 9.88 Å². The standard InChI is InChI=1S/C18H20N2O3S/c1-11-19-14-8-5-9-15(17(14)24-11)20(2)16(21)10-12-6-3-4-7-13(12)18(22)23/h3-4,6-7,15H,5,8-10H2,1-2H3,(H,22,23). The van der Waals surface area contributed by atoms with Crippen molar-refractivity contribution in [2.24, 2.45) is 0 Å². The quantitative estimate of drug-likeness (QED) is 0.924. The Morgan fingerprint density at radius 1 is 1.38 bits per heavy atom. The van der Waals surface area contributed by atoms with Gasteiger partial charge in [-0.2, -0.15) is 0 Å². The molecule has 0 saturated heterocycles. The van der Waals surface area contributed by atoms with Crippen molar-refractivity contribution < 1.29 is 14.7 Å². The number of hydrogen-bond donors (Lipinski definition) is 1. The van der Waals surface area contributed by atoms with Gasteiger partial charge in [-0.25, -0.2) is 9.78 Å². The first-order valence-electron chi connectivity index (χ1n) is 8.00. The number of thiazole rings is 1. The lowest BCUT2D eigenvalue weighted by Crippen LogP contribution is -2.34. The van der Waals surface area contributed by atoms with Crippen LogP contribution in [0, 0.1) is 6.92 Å². The van der Waals surface area contributed by atoms with Gasteiger partial charge in [-0.3, -0.25) is 4.79 Å². The zero-order valence-corrected chi connectivity index (χ0v) is 14.6. The van der Waals surface area contributed by atoms with Crippen molar-refractivity contribution in [2.45, 2.75) is 38.6 Å². The van der Waals surface area contributed by atoms with Crippen LogP contribution in [-0.4, -0.2) is 33.9 Å². The molecule has 1 aromatic heterocycles. The largest absolute Gasteiger partial charge is 0.478 e. The molecule has 24 heavy (non-hydrogen) atoms. The molecule has 126 valence electrons. The number of likely N-dealkylation sites (N-methyl/N-ethyl adjacent to an activating group) is 1. The highest BCUT2D eigenvalue weighted by molar-refractivity contribution is 7.11. The molecule has 1 amide bonds. The molecular formula is C18H20N2O3S. The smallest absolute Gasteiger partial charge is 0.335 e. The minimum Gasteiger partial charge on any atom is -0.478 e. The second-order valence-electron chi connectivity index (χ2n) is 6.10. The second kappa shape index (κ2) is 6.73. The fourth-order valence-corrected chi connectivity index (χ4v) is 4.39. The minimum absolute atomic E-state index is 0.0458. The van der Waals surface area contributed by atoms with E-state index in [0.29, 0.717) is 5.56 Å². The van der Waals surface area contributed by atoms with Gasteiger partial charge in [0.05, 0.1) is 33.6 Å². The van der Waals surface area contributed by atoms with Crippen molar-refractivity contribution in [1.29, 1.82) is 0 Å². The zero-order valence-electron chi connectivity index (χ0n) is 13.8. The lowest BCUT2D eigenvalue weighted by molar-refractivity contribution is -0.131. The molecule has 0 aliphatic heterocycles. The second-order valence-corrected chi connectivity index (χ2v) is 7.33. The van der Waals surface area contributed by atoms with Gasteiger partial charge in [-0.15, -0.1) is 11.3 Å². The van der Waals surface area contributed by atoms with Gasteiger partial charge < -0.3 is 10.0 Å². The van der Waals surface area contributed by atoms with Crippen LogP contribution in [0.1, 0.15) is 50.4 Å². The van der Waals surface area contributed by atoms with Gasteiger partial charge in [0.25, 0.3) is 0 Å². The van der Waals surface area contributed by atoms with E-state index in [4.69, 9.17) is 0 Å². The van der Waals surface area contributed by atoms with Crippen LogP contribution < -0.4 is 0 Å². The number of benzene rings is 1. The maximum Gasteiger partial charge on any atom is 0.335 e. The van der Waals surface area contributed by atoms with E-state index < -0.39 is 5.97 Å². The molecule has 5 nitrogen and oxygen atoms in total. The van der Waals surface area contributed by atoms with Crippen LogP contribution in [0.2, 0.25) is 0 Å². The molecule has 1 aliphatic carbocycles. The Morgan fingerprint density at radius 2 is 2.12 bits per heavy atom. The predicted molar refractivity (Wildman–Crippen MR) is 92.4 cm³/mol. The van der Waals surface area contributed by atoms with Crippen LogP contribution in [0.15, 0.2) is 24.3 Å². The number of nitrogens with zero attached hydrogens (tertiary/aromatic N) is 2. The van der Waals surface area contributed by atoms with Crippen molar-refractivity contribution in [2.75, 3.05) is 7.05 Å². The molecule has 0 bridgehead atoms. The number of hydrogen-bond acceptors (Lipinski definition) is 4. The van der Waals surface area contributed by atoms with Gasteiger partial charge in [0.2, 0.25) is 5.91 Å². The van der Waals surface area contributed by atoms with Gasteiger partial charge >= 0.3 is 5.97 Å². The lowest BCUT2D eigenvalue weighted by Gasteiger charge is -2.31. The Balaban J connectivity index is 1.80. The number of rotatable bonds is 4. The highest BCUT2D eigenvalue weighted by atomic mass is 32.1. The molecule has 1 aromatic carbocycles. The van der Waals surface area contributed by atoms with E-state index in [-0.39, 0.29) is 23.9 Å². The van der Waals surface area contributed by atoms with E-state index in [2.05, 4.69) is 4.98 Å². The maximum atomic E-state index is 12.7. The van der Waals surface area contributed by atoms with Gasteiger partial charge in [0.1, 0.15) is 0 Å². The Morgan fingerprint density at radius 3 is 2.88 bits per heavy atom. The first-order valence-corrected chi connectivity index (χ1v) is 8.82. The molecule has 2 aromatic rings. The van der Waals surface area contributed by atoms with Gasteiger partial charge in [-0.05, 0) is 37.8 Å². The Bertz CT molecular complexity index is 784. The van der Waals surface area contributed by atoms with Crippen LogP contribution in [0.5, 0.6) is 0 Å². The fraction of sp³-hybridized carbons (Fsp3) is 0.389. The molecule has 1 N–H and O–H groups in total. The summed E-state index contributed by atoms with van der Waals surface area (Å²) < 4.78 is 0. The lowest BCUT2D eigenvalue weighted by atomic mass is 9.96. The highest BCUT2D eigenvalue weighted by Gasteiger charge is 2.29. The third kappa shape index (κ3) is 3.19. The fourth-order valence-electron chi connectivity index (χ4n) is 3.23. The van der Waals surface area contributed by atoms with Crippen LogP contribution in [-0.2, 0) is 17.6 Å². The number of carboxylic acid groups (broad SMARTS) is 1. The normalized spacial score (nSPS) is 16.5. The van der Waals surface area contributed by atoms with Crippen molar-refractivity contribution >= 4 is 23.2 Å². The molecule has 6 heteroatoms. The van der Waals surface area contributed by atoms with Gasteiger partial charge in [0.15, 0.2) is 0 Å². The summed E-state index contributed by atoms with van der Waals surface area (Å²) in [5.41, 5.74) is 1.86. The average molecular weight is 344 g/mol. The summed E-state index contributed by atoms with van der Waals surface area (Å²) in [6.45, 7) is 1.99. The zero-order chi connectivity index (χ0) is 17.3. The highest BCUT2D eigenvalue weighted by Crippen LogP contribution is 2.37. The number of aromatic nitrogens is 1. The van der Waals surface area contributed by atoms with E-state index >= 15 is 0 Å². The third-order valence-electron chi connectivity index (χ3n) is 4.48. The SMILES string of the molecule is Cc1nc2c(s1)C(N(C)C(=O)Cc1ccccc1C(=O)O)CCC2. The number of carboxylic acids is 1. The topological polar surface area (TPSA) is 70.5 Å². The van der Waals surface area contributed by atoms with Crippen molar-refractivity contribution in [3.8, 4) is 0 Å². The summed E-state index contributed by atoms with van der Waals surface area (Å²) in [6.07, 6.45) is 3.02. The third-order valence-corrected chi connectivity index (χ3v) is 5.59. The van der Waals surface area contributed by atoms with E-state index in [1.165, 1.54) is 10.9 Å². The Labute approximate surface area is 145 Å². The molecule has 3 rings (SSSR count). The first-order chi connectivity index (χ1) is 11.5. The van der Waals surface area contributed by atoms with E-state index in [0.717, 1.165) is 30.0 Å². The summed E-state index contributed by atoms with van der Waals surface area (Å²) in [5.74, 6) is -1.06. The Kier molecular flexibility index (Phi) is 4.66. The van der Waals surface area contributed by atoms with Crippen LogP contribution in [0.4, 0.5) is 0 Å². The molecule has 0 fully saturated rings.